The molecule has 0 saturated heterocycles. The molecule has 1 rings (SSSR count). The van der Waals surface area contributed by atoms with Crippen LogP contribution >= 0.6 is 0 Å². The normalized spacial score (nSPS) is 17.6. The molecule has 2 heteroatoms. The molecule has 0 atom stereocenters. The molecule has 1 heterocycles. The molecule has 0 aromatic rings. The van der Waals surface area contributed by atoms with Crippen molar-refractivity contribution < 1.29 is 0 Å². The van der Waals surface area contributed by atoms with Gasteiger partial charge in [-0.1, -0.05) is 0 Å². The van der Waals surface area contributed by atoms with E-state index < -0.39 is 0 Å². The van der Waals surface area contributed by atoms with Gasteiger partial charge in [0.1, 0.15) is 0 Å². The van der Waals surface area contributed by atoms with Crippen LogP contribution in [-0.2, 0) is 0 Å². The first-order valence-corrected chi connectivity index (χ1v) is 4.11. The van der Waals surface area contributed by atoms with E-state index in [1.165, 1.54) is 0 Å². The Morgan fingerprint density at radius 3 is 2.50 bits per heavy atom. The Morgan fingerprint density at radius 2 is 1.92 bits per heavy atom. The van der Waals surface area contributed by atoms with E-state index in [9.17, 15) is 0 Å². The van der Waals surface area contributed by atoms with Crippen LogP contribution in [0.15, 0.2) is 36.3 Å². The zero-order valence-electron chi connectivity index (χ0n) is 7.91. The summed E-state index contributed by atoms with van der Waals surface area (Å²) in [6, 6.07) is 0. The van der Waals surface area contributed by atoms with Gasteiger partial charge in [0.2, 0.25) is 0 Å². The van der Waals surface area contributed by atoms with E-state index in [2.05, 4.69) is 25.7 Å². The lowest BCUT2D eigenvalue weighted by Gasteiger charge is -2.31. The van der Waals surface area contributed by atoms with E-state index >= 15 is 0 Å². The van der Waals surface area contributed by atoms with Gasteiger partial charge in [0.25, 0.3) is 0 Å². The fourth-order valence-electron chi connectivity index (χ4n) is 0.966. The van der Waals surface area contributed by atoms with Crippen molar-refractivity contribution in [1.29, 1.82) is 0 Å². The molecule has 1 aliphatic rings. The first kappa shape index (κ1) is 8.91. The monoisotopic (exact) mass is 164 g/mol. The van der Waals surface area contributed by atoms with Gasteiger partial charge >= 0.3 is 0 Å². The van der Waals surface area contributed by atoms with Gasteiger partial charge in [-0.2, -0.15) is 0 Å². The summed E-state index contributed by atoms with van der Waals surface area (Å²) in [5.41, 5.74) is 6.54. The average molecular weight is 164 g/mol. The molecule has 0 aliphatic carbocycles. The molecule has 0 amide bonds. The highest BCUT2D eigenvalue weighted by molar-refractivity contribution is 5.24. The first-order chi connectivity index (χ1) is 5.50. The highest BCUT2D eigenvalue weighted by Crippen LogP contribution is 2.16. The third-order valence-corrected chi connectivity index (χ3v) is 1.74. The van der Waals surface area contributed by atoms with Crippen LogP contribution in [0.3, 0.4) is 0 Å². The maximum atomic E-state index is 5.64. The van der Waals surface area contributed by atoms with Crippen LogP contribution in [0.4, 0.5) is 0 Å². The van der Waals surface area contributed by atoms with Crippen LogP contribution in [0, 0.1) is 0 Å². The summed E-state index contributed by atoms with van der Waals surface area (Å²) in [6.07, 6.45) is 9.78. The lowest BCUT2D eigenvalue weighted by atomic mass is 10.1. The number of hydrogen-bond acceptors (Lipinski definition) is 2. The third kappa shape index (κ3) is 2.16. The Kier molecular flexibility index (Phi) is 2.27. The van der Waals surface area contributed by atoms with E-state index in [-0.39, 0.29) is 5.54 Å². The second-order valence-corrected chi connectivity index (χ2v) is 3.90. The van der Waals surface area contributed by atoms with E-state index in [1.807, 2.05) is 30.6 Å². The maximum absolute atomic E-state index is 5.64. The lowest BCUT2D eigenvalue weighted by Crippen LogP contribution is -2.32. The van der Waals surface area contributed by atoms with Gasteiger partial charge in [0, 0.05) is 23.6 Å². The highest BCUT2D eigenvalue weighted by Gasteiger charge is 2.15. The summed E-state index contributed by atoms with van der Waals surface area (Å²) in [5, 5.41) is 0. The smallest absolute Gasteiger partial charge is 0.0355 e. The summed E-state index contributed by atoms with van der Waals surface area (Å²) in [7, 11) is 0. The fourth-order valence-corrected chi connectivity index (χ4v) is 0.966. The van der Waals surface area contributed by atoms with Crippen molar-refractivity contribution in [3.8, 4) is 0 Å². The van der Waals surface area contributed by atoms with Gasteiger partial charge in [0.15, 0.2) is 0 Å². The zero-order chi connectivity index (χ0) is 9.19. The Labute approximate surface area is 74.0 Å². The van der Waals surface area contributed by atoms with Crippen molar-refractivity contribution >= 4 is 0 Å². The second kappa shape index (κ2) is 3.05. The topological polar surface area (TPSA) is 29.3 Å². The van der Waals surface area contributed by atoms with Crippen molar-refractivity contribution in [1.82, 2.24) is 4.90 Å². The first-order valence-electron chi connectivity index (χ1n) is 4.11. The summed E-state index contributed by atoms with van der Waals surface area (Å²) < 4.78 is 0. The predicted molar refractivity (Wildman–Crippen MR) is 52.1 cm³/mol. The molecular formula is C10H16N2. The molecule has 0 unspecified atom stereocenters. The van der Waals surface area contributed by atoms with Gasteiger partial charge < -0.3 is 10.6 Å². The minimum absolute atomic E-state index is 0.117. The van der Waals surface area contributed by atoms with Gasteiger partial charge in [-0.15, -0.1) is 0 Å². The molecule has 0 radical (unpaired) electrons. The fraction of sp³-hybridized carbons (Fsp3) is 0.400. The molecule has 2 nitrogen and oxygen atoms in total. The molecule has 12 heavy (non-hydrogen) atoms. The summed E-state index contributed by atoms with van der Waals surface area (Å²) in [6.45, 7) is 6.47. The Balaban J connectivity index is 2.81. The standard InChI is InChI=1S/C10H16N2/c1-10(2,3)12-7-4-5-9(11)6-8-12/h4-8H,11H2,1-3H3. The van der Waals surface area contributed by atoms with Gasteiger partial charge in [0.05, 0.1) is 0 Å². The van der Waals surface area contributed by atoms with E-state index in [4.69, 9.17) is 5.73 Å². The third-order valence-electron chi connectivity index (χ3n) is 1.74. The molecule has 0 spiro atoms. The zero-order valence-corrected chi connectivity index (χ0v) is 7.91. The Bertz CT molecular complexity index is 241. The molecule has 0 aromatic carbocycles. The summed E-state index contributed by atoms with van der Waals surface area (Å²) in [4.78, 5) is 2.13. The van der Waals surface area contributed by atoms with Crippen LogP contribution in [-0.4, -0.2) is 10.4 Å². The summed E-state index contributed by atoms with van der Waals surface area (Å²) in [5.74, 6) is 0. The van der Waals surface area contributed by atoms with Crippen LogP contribution in [0.2, 0.25) is 0 Å². The lowest BCUT2D eigenvalue weighted by molar-refractivity contribution is 0.281. The molecule has 2 N–H and O–H groups in total. The average Bonchev–Trinajstić information content (AvgIpc) is 2.11. The van der Waals surface area contributed by atoms with Gasteiger partial charge in [-0.05, 0) is 39.0 Å². The van der Waals surface area contributed by atoms with E-state index in [1.54, 1.807) is 0 Å². The highest BCUT2D eigenvalue weighted by atomic mass is 15.1. The quantitative estimate of drug-likeness (QED) is 0.593. The molecule has 1 aliphatic heterocycles. The molecule has 0 saturated carbocycles. The van der Waals surface area contributed by atoms with Crippen LogP contribution in [0.1, 0.15) is 20.8 Å². The molecule has 0 fully saturated rings. The molecular weight excluding hydrogens is 148 g/mol. The van der Waals surface area contributed by atoms with Crippen molar-refractivity contribution in [3.05, 3.63) is 36.3 Å². The molecule has 66 valence electrons. The summed E-state index contributed by atoms with van der Waals surface area (Å²) >= 11 is 0. The molecule has 0 bridgehead atoms. The van der Waals surface area contributed by atoms with E-state index in [0.717, 1.165) is 5.70 Å². The Hall–Kier alpha value is -1.18. The number of nitrogens with two attached hydrogens (primary N) is 1. The Morgan fingerprint density at radius 1 is 1.25 bits per heavy atom. The minimum atomic E-state index is 0.117. The number of rotatable bonds is 0. The second-order valence-electron chi connectivity index (χ2n) is 3.90. The van der Waals surface area contributed by atoms with Gasteiger partial charge in [-0.25, -0.2) is 0 Å². The van der Waals surface area contributed by atoms with Crippen LogP contribution in [0.25, 0.3) is 0 Å². The van der Waals surface area contributed by atoms with E-state index in [0.29, 0.717) is 0 Å². The SMILES string of the molecule is CC(C)(C)N1C=CC=C(N)C=C1. The number of allylic oxidation sites excluding steroid dienone is 3. The van der Waals surface area contributed by atoms with Crippen molar-refractivity contribution in [3.63, 3.8) is 0 Å². The van der Waals surface area contributed by atoms with Crippen molar-refractivity contribution in [2.45, 2.75) is 26.3 Å². The number of hydrogen-bond donors (Lipinski definition) is 1. The predicted octanol–water partition coefficient (Wildman–Crippen LogP) is 1.97. The van der Waals surface area contributed by atoms with Crippen LogP contribution in [0.5, 0.6) is 0 Å². The minimum Gasteiger partial charge on any atom is -0.399 e. The largest absolute Gasteiger partial charge is 0.399 e. The molecule has 0 aromatic heterocycles. The maximum Gasteiger partial charge on any atom is 0.0355 e. The van der Waals surface area contributed by atoms with Crippen LogP contribution < -0.4 is 5.73 Å². The van der Waals surface area contributed by atoms with Gasteiger partial charge in [-0.3, -0.25) is 0 Å². The van der Waals surface area contributed by atoms with Crippen molar-refractivity contribution in [2.75, 3.05) is 0 Å². The van der Waals surface area contributed by atoms with Crippen molar-refractivity contribution in [2.24, 2.45) is 5.73 Å². The number of nitrogens with zero attached hydrogens (tertiary/aromatic N) is 1.